The van der Waals surface area contributed by atoms with E-state index in [1.807, 2.05) is 6.07 Å². The van der Waals surface area contributed by atoms with Gasteiger partial charge in [-0.3, -0.25) is 5.32 Å². The largest absolute Gasteiger partial charge is 0.434 e. The molecule has 1 aromatic rings. The van der Waals surface area contributed by atoms with Gasteiger partial charge in [0.25, 0.3) is 0 Å². The van der Waals surface area contributed by atoms with E-state index in [1.54, 1.807) is 12.1 Å². The zero-order chi connectivity index (χ0) is 10.4. The van der Waals surface area contributed by atoms with E-state index in [4.69, 9.17) is 9.68 Å². The molecule has 0 unspecified atom stereocenters. The zero-order valence-electron chi connectivity index (χ0n) is 7.21. The average Bonchev–Trinajstić information content (AvgIpc) is 2.52. The average molecular weight is 258 g/mol. The van der Waals surface area contributed by atoms with Gasteiger partial charge in [0.15, 0.2) is 4.67 Å². The molecule has 5 nitrogen and oxygen atoms in total. The number of urea groups is 1. The third kappa shape index (κ3) is 3.49. The molecule has 0 atom stereocenters. The molecule has 1 aromatic heterocycles. The smallest absolute Gasteiger partial charge is 0.321 e. The number of amides is 2. The van der Waals surface area contributed by atoms with Crippen molar-refractivity contribution < 1.29 is 9.21 Å². The molecule has 74 valence electrons. The van der Waals surface area contributed by atoms with Crippen molar-refractivity contribution in [2.75, 3.05) is 11.9 Å². The number of carbonyl (C=O) groups is 1. The van der Waals surface area contributed by atoms with E-state index < -0.39 is 0 Å². The van der Waals surface area contributed by atoms with Crippen molar-refractivity contribution in [3.63, 3.8) is 0 Å². The lowest BCUT2D eigenvalue weighted by Crippen LogP contribution is -2.29. The summed E-state index contributed by atoms with van der Waals surface area (Å²) in [5.74, 6) is 0.353. The summed E-state index contributed by atoms with van der Waals surface area (Å²) in [5.41, 5.74) is 0. The maximum atomic E-state index is 11.1. The van der Waals surface area contributed by atoms with Crippen LogP contribution in [-0.4, -0.2) is 12.6 Å². The molecule has 0 aliphatic rings. The van der Waals surface area contributed by atoms with Crippen LogP contribution in [0.25, 0.3) is 0 Å². The van der Waals surface area contributed by atoms with Crippen molar-refractivity contribution in [2.24, 2.45) is 0 Å². The Morgan fingerprint density at radius 2 is 2.43 bits per heavy atom. The molecule has 0 aromatic carbocycles. The van der Waals surface area contributed by atoms with Crippen LogP contribution < -0.4 is 10.6 Å². The van der Waals surface area contributed by atoms with Crippen LogP contribution >= 0.6 is 15.9 Å². The molecule has 0 spiro atoms. The van der Waals surface area contributed by atoms with Gasteiger partial charge >= 0.3 is 6.03 Å². The van der Waals surface area contributed by atoms with E-state index >= 15 is 0 Å². The molecule has 0 bridgehead atoms. The lowest BCUT2D eigenvalue weighted by molar-refractivity contribution is 0.251. The first-order chi connectivity index (χ1) is 6.72. The lowest BCUT2D eigenvalue weighted by Gasteiger charge is -2.01. The van der Waals surface area contributed by atoms with Crippen molar-refractivity contribution in [1.29, 1.82) is 5.26 Å². The van der Waals surface area contributed by atoms with Gasteiger partial charge in [-0.25, -0.2) is 4.79 Å². The highest BCUT2D eigenvalue weighted by atomic mass is 79.9. The first kappa shape index (κ1) is 10.6. The molecule has 1 heterocycles. The number of nitrogens with one attached hydrogen (secondary N) is 2. The summed E-state index contributed by atoms with van der Waals surface area (Å²) < 4.78 is 5.59. The highest BCUT2D eigenvalue weighted by molar-refractivity contribution is 9.10. The van der Waals surface area contributed by atoms with E-state index in [1.165, 1.54) is 0 Å². The minimum Gasteiger partial charge on any atom is -0.434 e. The predicted molar refractivity (Wildman–Crippen MR) is 53.7 cm³/mol. The fraction of sp³-hybridized carbons (Fsp3) is 0.250. The van der Waals surface area contributed by atoms with Gasteiger partial charge < -0.3 is 9.73 Å². The van der Waals surface area contributed by atoms with E-state index in [-0.39, 0.29) is 12.5 Å². The summed E-state index contributed by atoms with van der Waals surface area (Å²) in [6.07, 6.45) is 0.287. The molecule has 0 fully saturated rings. The Kier molecular flexibility index (Phi) is 4.01. The van der Waals surface area contributed by atoms with E-state index in [0.717, 1.165) is 0 Å². The van der Waals surface area contributed by atoms with E-state index in [2.05, 4.69) is 26.6 Å². The Balaban J connectivity index is 2.31. The monoisotopic (exact) mass is 257 g/mol. The molecule has 2 N–H and O–H groups in total. The summed E-state index contributed by atoms with van der Waals surface area (Å²) in [4.78, 5) is 11.1. The standard InChI is InChI=1S/C8H8BrN3O2/c9-6-2-3-7(14-6)12-8(13)11-5-1-4-10/h2-3H,1,5H2,(H2,11,12,13). The minimum atomic E-state index is -0.387. The summed E-state index contributed by atoms with van der Waals surface area (Å²) in [5, 5.41) is 13.2. The predicted octanol–water partition coefficient (Wildman–Crippen LogP) is 2.08. The first-order valence-corrected chi connectivity index (χ1v) is 4.69. The second-order valence-corrected chi connectivity index (χ2v) is 3.17. The van der Waals surface area contributed by atoms with Gasteiger partial charge in [0.2, 0.25) is 5.88 Å². The molecule has 1 rings (SSSR count). The molecule has 0 saturated heterocycles. The third-order valence-electron chi connectivity index (χ3n) is 1.33. The second-order valence-electron chi connectivity index (χ2n) is 2.39. The molecule has 2 amide bonds. The first-order valence-electron chi connectivity index (χ1n) is 3.89. The lowest BCUT2D eigenvalue weighted by atomic mass is 10.5. The summed E-state index contributed by atoms with van der Waals surface area (Å²) in [7, 11) is 0. The highest BCUT2D eigenvalue weighted by Gasteiger charge is 2.03. The molecule has 0 saturated carbocycles. The van der Waals surface area contributed by atoms with Gasteiger partial charge in [-0.1, -0.05) is 0 Å². The number of hydrogen-bond acceptors (Lipinski definition) is 3. The number of furan rings is 1. The summed E-state index contributed by atoms with van der Waals surface area (Å²) >= 11 is 3.10. The van der Waals surface area contributed by atoms with Crippen molar-refractivity contribution in [2.45, 2.75) is 6.42 Å². The molecule has 6 heteroatoms. The van der Waals surface area contributed by atoms with E-state index in [9.17, 15) is 4.79 Å². The zero-order valence-corrected chi connectivity index (χ0v) is 8.80. The fourth-order valence-electron chi connectivity index (χ4n) is 0.769. The number of rotatable bonds is 3. The molecular formula is C8H8BrN3O2. The fourth-order valence-corrected chi connectivity index (χ4v) is 1.08. The molecule has 0 aliphatic carbocycles. The number of anilines is 1. The van der Waals surface area contributed by atoms with Crippen LogP contribution in [0.3, 0.4) is 0 Å². The number of nitriles is 1. The van der Waals surface area contributed by atoms with Gasteiger partial charge in [-0.05, 0) is 22.0 Å². The quantitative estimate of drug-likeness (QED) is 0.814. The number of halogens is 1. The Labute approximate surface area is 89.2 Å². The summed E-state index contributed by atoms with van der Waals surface area (Å²) in [6, 6.07) is 4.82. The molecule has 0 aliphatic heterocycles. The normalized spacial score (nSPS) is 9.14. The SMILES string of the molecule is N#CCCNC(=O)Nc1ccc(Br)o1. The highest BCUT2D eigenvalue weighted by Crippen LogP contribution is 2.17. The second kappa shape index (κ2) is 5.29. The number of carbonyl (C=O) groups excluding carboxylic acids is 1. The maximum Gasteiger partial charge on any atom is 0.321 e. The Bertz CT molecular complexity index is 356. The molecule has 0 radical (unpaired) electrons. The number of hydrogen-bond donors (Lipinski definition) is 2. The van der Waals surface area contributed by atoms with E-state index in [0.29, 0.717) is 17.1 Å². The Morgan fingerprint density at radius 3 is 3.00 bits per heavy atom. The molecule has 14 heavy (non-hydrogen) atoms. The number of nitrogens with zero attached hydrogens (tertiary/aromatic N) is 1. The van der Waals surface area contributed by atoms with Crippen molar-refractivity contribution in [1.82, 2.24) is 5.32 Å². The Hall–Kier alpha value is -1.48. The van der Waals surface area contributed by atoms with Crippen LogP contribution in [0.2, 0.25) is 0 Å². The van der Waals surface area contributed by atoms with Gasteiger partial charge in [0.05, 0.1) is 12.5 Å². The van der Waals surface area contributed by atoms with Crippen LogP contribution in [0.1, 0.15) is 6.42 Å². The van der Waals surface area contributed by atoms with Crippen LogP contribution in [0.4, 0.5) is 10.7 Å². The van der Waals surface area contributed by atoms with Gasteiger partial charge in [-0.2, -0.15) is 5.26 Å². The third-order valence-corrected chi connectivity index (χ3v) is 1.76. The van der Waals surface area contributed by atoms with Gasteiger partial charge in [-0.15, -0.1) is 0 Å². The van der Waals surface area contributed by atoms with Crippen LogP contribution in [0.5, 0.6) is 0 Å². The van der Waals surface area contributed by atoms with Crippen LogP contribution in [0, 0.1) is 11.3 Å². The van der Waals surface area contributed by atoms with Crippen LogP contribution in [0.15, 0.2) is 21.2 Å². The van der Waals surface area contributed by atoms with Crippen molar-refractivity contribution in [3.05, 3.63) is 16.8 Å². The summed E-state index contributed by atoms with van der Waals surface area (Å²) in [6.45, 7) is 0.324. The van der Waals surface area contributed by atoms with Gasteiger partial charge in [0.1, 0.15) is 0 Å². The van der Waals surface area contributed by atoms with Crippen LogP contribution in [-0.2, 0) is 0 Å². The van der Waals surface area contributed by atoms with Crippen molar-refractivity contribution >= 4 is 27.8 Å². The van der Waals surface area contributed by atoms with Crippen molar-refractivity contribution in [3.8, 4) is 6.07 Å². The Morgan fingerprint density at radius 1 is 1.64 bits per heavy atom. The minimum absolute atomic E-state index is 0.287. The topological polar surface area (TPSA) is 78.1 Å². The van der Waals surface area contributed by atoms with Gasteiger partial charge in [0, 0.05) is 12.6 Å². The maximum absolute atomic E-state index is 11.1. The molecular weight excluding hydrogens is 250 g/mol.